The second-order valence-corrected chi connectivity index (χ2v) is 5.21. The molecule has 1 unspecified atom stereocenters. The van der Waals surface area contributed by atoms with Crippen LogP contribution in [0, 0.1) is 6.92 Å². The van der Waals surface area contributed by atoms with E-state index in [2.05, 4.69) is 15.6 Å². The van der Waals surface area contributed by atoms with Gasteiger partial charge < -0.3 is 9.73 Å². The predicted molar refractivity (Wildman–Crippen MR) is 65.4 cm³/mol. The minimum atomic E-state index is -0.276. The fourth-order valence-corrected chi connectivity index (χ4v) is 1.29. The molecule has 0 saturated carbocycles. The van der Waals surface area contributed by atoms with Gasteiger partial charge in [-0.25, -0.2) is 4.98 Å². The molecule has 0 saturated heterocycles. The van der Waals surface area contributed by atoms with Gasteiger partial charge in [-0.2, -0.15) is 0 Å². The summed E-state index contributed by atoms with van der Waals surface area (Å²) in [6.07, 6.45) is 1.66. The molecule has 96 valence electrons. The summed E-state index contributed by atoms with van der Waals surface area (Å²) >= 11 is 0. The second kappa shape index (κ2) is 5.31. The molecule has 1 aromatic heterocycles. The molecule has 0 bridgehead atoms. The molecule has 1 atom stereocenters. The first-order chi connectivity index (χ1) is 7.78. The standard InChI is InChI=1S/C12H21N3O2/c1-8-6-14-10(17-8)7-13-9(2)11(16)15-12(3,4)5/h6,9,13H,7H2,1-5H3,(H,15,16). The van der Waals surface area contributed by atoms with Gasteiger partial charge in [0.1, 0.15) is 5.76 Å². The van der Waals surface area contributed by atoms with E-state index in [4.69, 9.17) is 4.42 Å². The van der Waals surface area contributed by atoms with Crippen LogP contribution >= 0.6 is 0 Å². The molecule has 2 N–H and O–H groups in total. The molecule has 1 rings (SSSR count). The Bertz CT molecular complexity index is 379. The summed E-state index contributed by atoms with van der Waals surface area (Å²) in [5, 5.41) is 5.97. The summed E-state index contributed by atoms with van der Waals surface area (Å²) in [5.74, 6) is 1.34. The number of nitrogens with zero attached hydrogens (tertiary/aromatic N) is 1. The number of carbonyl (C=O) groups is 1. The molecule has 0 aliphatic heterocycles. The zero-order valence-electron chi connectivity index (χ0n) is 11.1. The molecule has 5 heteroatoms. The van der Waals surface area contributed by atoms with E-state index in [9.17, 15) is 4.79 Å². The average Bonchev–Trinajstić information content (AvgIpc) is 2.58. The van der Waals surface area contributed by atoms with Gasteiger partial charge in [-0.05, 0) is 34.6 Å². The largest absolute Gasteiger partial charge is 0.445 e. The van der Waals surface area contributed by atoms with Gasteiger partial charge >= 0.3 is 0 Å². The quantitative estimate of drug-likeness (QED) is 0.833. The van der Waals surface area contributed by atoms with Crippen molar-refractivity contribution in [2.24, 2.45) is 0 Å². The molecule has 0 aliphatic rings. The number of hydrogen-bond donors (Lipinski definition) is 2. The molecule has 1 heterocycles. The third kappa shape index (κ3) is 4.99. The van der Waals surface area contributed by atoms with Crippen LogP contribution in [0.2, 0.25) is 0 Å². The lowest BCUT2D eigenvalue weighted by Crippen LogP contribution is -2.49. The lowest BCUT2D eigenvalue weighted by molar-refractivity contribution is -0.124. The Kier molecular flexibility index (Phi) is 4.28. The minimum absolute atomic E-state index is 0.0271. The van der Waals surface area contributed by atoms with Crippen LogP contribution in [0.25, 0.3) is 0 Å². The maximum absolute atomic E-state index is 11.8. The smallest absolute Gasteiger partial charge is 0.237 e. The third-order valence-electron chi connectivity index (χ3n) is 2.12. The van der Waals surface area contributed by atoms with Crippen molar-refractivity contribution in [2.75, 3.05) is 0 Å². The normalized spacial score (nSPS) is 13.5. The maximum atomic E-state index is 11.8. The van der Waals surface area contributed by atoms with Crippen molar-refractivity contribution in [3.8, 4) is 0 Å². The van der Waals surface area contributed by atoms with Crippen molar-refractivity contribution in [3.05, 3.63) is 17.8 Å². The van der Waals surface area contributed by atoms with Crippen molar-refractivity contribution in [1.82, 2.24) is 15.6 Å². The van der Waals surface area contributed by atoms with Gasteiger partial charge in [-0.15, -0.1) is 0 Å². The first-order valence-corrected chi connectivity index (χ1v) is 5.74. The Hall–Kier alpha value is -1.36. The van der Waals surface area contributed by atoms with Gasteiger partial charge in [0.2, 0.25) is 11.8 Å². The van der Waals surface area contributed by atoms with Gasteiger partial charge in [0.25, 0.3) is 0 Å². The van der Waals surface area contributed by atoms with Crippen molar-refractivity contribution >= 4 is 5.91 Å². The maximum Gasteiger partial charge on any atom is 0.237 e. The summed E-state index contributed by atoms with van der Waals surface area (Å²) in [6.45, 7) is 9.97. The van der Waals surface area contributed by atoms with Crippen molar-refractivity contribution in [1.29, 1.82) is 0 Å². The zero-order chi connectivity index (χ0) is 13.1. The van der Waals surface area contributed by atoms with Crippen LogP contribution in [-0.2, 0) is 11.3 Å². The van der Waals surface area contributed by atoms with Crippen LogP contribution in [-0.4, -0.2) is 22.5 Å². The Balaban J connectivity index is 2.39. The molecular weight excluding hydrogens is 218 g/mol. The summed E-state index contributed by atoms with van der Waals surface area (Å²) < 4.78 is 5.31. The highest BCUT2D eigenvalue weighted by molar-refractivity contribution is 5.81. The second-order valence-electron chi connectivity index (χ2n) is 5.21. The Morgan fingerprint density at radius 1 is 1.53 bits per heavy atom. The summed E-state index contributed by atoms with van der Waals surface area (Å²) in [7, 11) is 0. The molecule has 0 aliphatic carbocycles. The zero-order valence-corrected chi connectivity index (χ0v) is 11.1. The highest BCUT2D eigenvalue weighted by Crippen LogP contribution is 2.02. The van der Waals surface area contributed by atoms with Crippen molar-refractivity contribution in [2.45, 2.75) is 52.7 Å². The van der Waals surface area contributed by atoms with Gasteiger partial charge in [0.15, 0.2) is 0 Å². The fraction of sp³-hybridized carbons (Fsp3) is 0.667. The molecule has 0 fully saturated rings. The van der Waals surface area contributed by atoms with Gasteiger partial charge in [0.05, 0.1) is 18.8 Å². The molecule has 0 radical (unpaired) electrons. The van der Waals surface area contributed by atoms with Crippen LogP contribution < -0.4 is 10.6 Å². The summed E-state index contributed by atoms with van der Waals surface area (Å²) in [6, 6.07) is -0.276. The molecule has 1 amide bonds. The van der Waals surface area contributed by atoms with Crippen LogP contribution in [0.5, 0.6) is 0 Å². The first-order valence-electron chi connectivity index (χ1n) is 5.74. The molecule has 17 heavy (non-hydrogen) atoms. The van der Waals surface area contributed by atoms with E-state index in [-0.39, 0.29) is 17.5 Å². The number of aromatic nitrogens is 1. The predicted octanol–water partition coefficient (Wildman–Crippen LogP) is 1.38. The summed E-state index contributed by atoms with van der Waals surface area (Å²) in [4.78, 5) is 15.8. The fourth-order valence-electron chi connectivity index (χ4n) is 1.29. The average molecular weight is 239 g/mol. The van der Waals surface area contributed by atoms with E-state index >= 15 is 0 Å². The van der Waals surface area contributed by atoms with Gasteiger partial charge in [0, 0.05) is 5.54 Å². The number of nitrogens with one attached hydrogen (secondary N) is 2. The molecule has 0 aromatic carbocycles. The van der Waals surface area contributed by atoms with E-state index in [0.29, 0.717) is 12.4 Å². The monoisotopic (exact) mass is 239 g/mol. The number of rotatable bonds is 4. The number of aryl methyl sites for hydroxylation is 1. The number of carbonyl (C=O) groups excluding carboxylic acids is 1. The SMILES string of the molecule is Cc1cnc(CNC(C)C(=O)NC(C)(C)C)o1. The highest BCUT2D eigenvalue weighted by atomic mass is 16.4. The first kappa shape index (κ1) is 13.7. The van der Waals surface area contributed by atoms with E-state index in [1.807, 2.05) is 34.6 Å². The number of amides is 1. The Morgan fingerprint density at radius 2 is 2.18 bits per heavy atom. The number of oxazole rings is 1. The van der Waals surface area contributed by atoms with E-state index in [1.165, 1.54) is 0 Å². The lowest BCUT2D eigenvalue weighted by Gasteiger charge is -2.23. The van der Waals surface area contributed by atoms with E-state index in [1.54, 1.807) is 6.20 Å². The van der Waals surface area contributed by atoms with Gasteiger partial charge in [-0.3, -0.25) is 10.1 Å². The van der Waals surface area contributed by atoms with Crippen molar-refractivity contribution in [3.63, 3.8) is 0 Å². The van der Waals surface area contributed by atoms with Crippen LogP contribution in [0.15, 0.2) is 10.6 Å². The van der Waals surface area contributed by atoms with Crippen molar-refractivity contribution < 1.29 is 9.21 Å². The summed E-state index contributed by atoms with van der Waals surface area (Å²) in [5.41, 5.74) is -0.216. The van der Waals surface area contributed by atoms with E-state index in [0.717, 1.165) is 5.76 Å². The van der Waals surface area contributed by atoms with Crippen LogP contribution in [0.3, 0.4) is 0 Å². The van der Waals surface area contributed by atoms with E-state index < -0.39 is 0 Å². The molecule has 1 aromatic rings. The molecule has 0 spiro atoms. The lowest BCUT2D eigenvalue weighted by atomic mass is 10.1. The topological polar surface area (TPSA) is 67.2 Å². The highest BCUT2D eigenvalue weighted by Gasteiger charge is 2.19. The minimum Gasteiger partial charge on any atom is -0.445 e. The van der Waals surface area contributed by atoms with Crippen LogP contribution in [0.4, 0.5) is 0 Å². The number of hydrogen-bond acceptors (Lipinski definition) is 4. The van der Waals surface area contributed by atoms with Crippen LogP contribution in [0.1, 0.15) is 39.3 Å². The third-order valence-corrected chi connectivity index (χ3v) is 2.12. The molecule has 5 nitrogen and oxygen atoms in total. The Labute approximate surface area is 102 Å². The Morgan fingerprint density at radius 3 is 2.65 bits per heavy atom. The molecular formula is C12H21N3O2. The van der Waals surface area contributed by atoms with Gasteiger partial charge in [-0.1, -0.05) is 0 Å².